The first-order valence-corrected chi connectivity index (χ1v) is 7.44. The molecular formula is C14H27N3O3. The standard InChI is InChI=1S/C14H27N3O3/c1-5-12(13(18)19)15(4)14(20)17-9-8-11(10-17)16(6-2)7-3/h11-12H,5-10H2,1-4H3,(H,18,19). The van der Waals surface area contributed by atoms with Gasteiger partial charge in [-0.2, -0.15) is 0 Å². The van der Waals surface area contributed by atoms with Gasteiger partial charge in [-0.15, -0.1) is 0 Å². The molecule has 1 aliphatic heterocycles. The normalized spacial score (nSPS) is 20.2. The van der Waals surface area contributed by atoms with E-state index in [0.717, 1.165) is 19.5 Å². The van der Waals surface area contributed by atoms with Crippen molar-refractivity contribution in [1.29, 1.82) is 0 Å². The molecule has 0 aromatic heterocycles. The van der Waals surface area contributed by atoms with E-state index in [1.807, 2.05) is 0 Å². The Kier molecular flexibility index (Phi) is 6.26. The maximum absolute atomic E-state index is 12.4. The fourth-order valence-electron chi connectivity index (χ4n) is 2.92. The second kappa shape index (κ2) is 7.47. The zero-order valence-corrected chi connectivity index (χ0v) is 13.0. The Balaban J connectivity index is 2.63. The van der Waals surface area contributed by atoms with Crippen molar-refractivity contribution in [2.24, 2.45) is 0 Å². The van der Waals surface area contributed by atoms with E-state index in [-0.39, 0.29) is 6.03 Å². The number of hydrogen-bond donors (Lipinski definition) is 1. The van der Waals surface area contributed by atoms with Crippen molar-refractivity contribution < 1.29 is 14.7 Å². The van der Waals surface area contributed by atoms with Crippen LogP contribution in [0, 0.1) is 0 Å². The number of likely N-dealkylation sites (N-methyl/N-ethyl adjacent to an activating group) is 2. The molecule has 1 N–H and O–H groups in total. The Hall–Kier alpha value is -1.30. The lowest BCUT2D eigenvalue weighted by Crippen LogP contribution is -2.49. The van der Waals surface area contributed by atoms with E-state index in [1.54, 1.807) is 18.9 Å². The Morgan fingerprint density at radius 1 is 1.30 bits per heavy atom. The van der Waals surface area contributed by atoms with Crippen molar-refractivity contribution in [2.75, 3.05) is 33.2 Å². The Morgan fingerprint density at radius 2 is 1.90 bits per heavy atom. The van der Waals surface area contributed by atoms with Gasteiger partial charge in [-0.05, 0) is 25.9 Å². The monoisotopic (exact) mass is 285 g/mol. The van der Waals surface area contributed by atoms with Gasteiger partial charge in [0, 0.05) is 26.2 Å². The van der Waals surface area contributed by atoms with Crippen LogP contribution in [0.25, 0.3) is 0 Å². The summed E-state index contributed by atoms with van der Waals surface area (Å²) >= 11 is 0. The largest absolute Gasteiger partial charge is 0.480 e. The van der Waals surface area contributed by atoms with Crippen LogP contribution >= 0.6 is 0 Å². The number of urea groups is 1. The SMILES string of the molecule is CCC(C(=O)O)N(C)C(=O)N1CCC(N(CC)CC)C1. The van der Waals surface area contributed by atoms with Gasteiger partial charge in [-0.1, -0.05) is 20.8 Å². The highest BCUT2D eigenvalue weighted by atomic mass is 16.4. The maximum Gasteiger partial charge on any atom is 0.326 e. The summed E-state index contributed by atoms with van der Waals surface area (Å²) in [5.74, 6) is -0.942. The minimum atomic E-state index is -0.942. The van der Waals surface area contributed by atoms with Crippen molar-refractivity contribution in [3.05, 3.63) is 0 Å². The van der Waals surface area contributed by atoms with Crippen LogP contribution in [0.1, 0.15) is 33.6 Å². The zero-order chi connectivity index (χ0) is 15.3. The van der Waals surface area contributed by atoms with Gasteiger partial charge in [0.2, 0.25) is 0 Å². The van der Waals surface area contributed by atoms with E-state index < -0.39 is 12.0 Å². The average Bonchev–Trinajstić information content (AvgIpc) is 2.89. The van der Waals surface area contributed by atoms with E-state index in [9.17, 15) is 9.59 Å². The number of carboxylic acids is 1. The van der Waals surface area contributed by atoms with Crippen LogP contribution in [0.3, 0.4) is 0 Å². The minimum absolute atomic E-state index is 0.172. The molecule has 1 heterocycles. The average molecular weight is 285 g/mol. The van der Waals surface area contributed by atoms with Crippen LogP contribution in [-0.2, 0) is 4.79 Å². The topological polar surface area (TPSA) is 64.1 Å². The molecule has 0 aromatic carbocycles. The quantitative estimate of drug-likeness (QED) is 0.799. The molecule has 0 aliphatic carbocycles. The van der Waals surface area contributed by atoms with Gasteiger partial charge in [0.15, 0.2) is 0 Å². The molecule has 1 aliphatic rings. The molecular weight excluding hydrogens is 258 g/mol. The molecule has 2 amide bonds. The number of amides is 2. The van der Waals surface area contributed by atoms with Gasteiger partial charge in [-0.25, -0.2) is 9.59 Å². The number of hydrogen-bond acceptors (Lipinski definition) is 3. The summed E-state index contributed by atoms with van der Waals surface area (Å²) in [6.45, 7) is 9.39. The maximum atomic E-state index is 12.4. The summed E-state index contributed by atoms with van der Waals surface area (Å²) < 4.78 is 0. The second-order valence-electron chi connectivity index (χ2n) is 5.27. The molecule has 6 nitrogen and oxygen atoms in total. The van der Waals surface area contributed by atoms with Crippen molar-refractivity contribution in [2.45, 2.75) is 45.7 Å². The molecule has 0 aromatic rings. The summed E-state index contributed by atoms with van der Waals surface area (Å²) in [4.78, 5) is 29.0. The van der Waals surface area contributed by atoms with E-state index >= 15 is 0 Å². The van der Waals surface area contributed by atoms with Crippen LogP contribution in [0.5, 0.6) is 0 Å². The number of likely N-dealkylation sites (tertiary alicyclic amines) is 1. The molecule has 2 atom stereocenters. The van der Waals surface area contributed by atoms with Crippen LogP contribution < -0.4 is 0 Å². The molecule has 6 heteroatoms. The van der Waals surface area contributed by atoms with Crippen molar-refractivity contribution in [3.63, 3.8) is 0 Å². The fraction of sp³-hybridized carbons (Fsp3) is 0.857. The Bertz CT molecular complexity index is 345. The second-order valence-corrected chi connectivity index (χ2v) is 5.27. The zero-order valence-electron chi connectivity index (χ0n) is 13.0. The van der Waals surface area contributed by atoms with Crippen LogP contribution in [-0.4, -0.2) is 77.1 Å². The molecule has 116 valence electrons. The van der Waals surface area contributed by atoms with Crippen molar-refractivity contribution in [1.82, 2.24) is 14.7 Å². The lowest BCUT2D eigenvalue weighted by Gasteiger charge is -2.30. The Morgan fingerprint density at radius 3 is 2.35 bits per heavy atom. The highest BCUT2D eigenvalue weighted by Gasteiger charge is 2.33. The summed E-state index contributed by atoms with van der Waals surface area (Å²) in [5.41, 5.74) is 0. The van der Waals surface area contributed by atoms with E-state index in [2.05, 4.69) is 18.7 Å². The molecule has 0 spiro atoms. The Labute approximate surface area is 121 Å². The minimum Gasteiger partial charge on any atom is -0.480 e. The molecule has 0 bridgehead atoms. The van der Waals surface area contributed by atoms with Crippen molar-refractivity contribution in [3.8, 4) is 0 Å². The summed E-state index contributed by atoms with van der Waals surface area (Å²) in [7, 11) is 1.58. The fourth-order valence-corrected chi connectivity index (χ4v) is 2.92. The first-order valence-electron chi connectivity index (χ1n) is 7.44. The van der Waals surface area contributed by atoms with Gasteiger partial charge in [0.25, 0.3) is 0 Å². The number of aliphatic carboxylic acids is 1. The van der Waals surface area contributed by atoms with Gasteiger partial charge >= 0.3 is 12.0 Å². The van der Waals surface area contributed by atoms with Gasteiger partial charge in [0.1, 0.15) is 6.04 Å². The highest BCUT2D eigenvalue weighted by Crippen LogP contribution is 2.18. The third kappa shape index (κ3) is 3.62. The summed E-state index contributed by atoms with van der Waals surface area (Å²) in [5, 5.41) is 9.13. The number of rotatable bonds is 6. The number of carbonyl (C=O) groups excluding carboxylic acids is 1. The van der Waals surface area contributed by atoms with Gasteiger partial charge in [0.05, 0.1) is 0 Å². The number of carboxylic acid groups (broad SMARTS) is 1. The van der Waals surface area contributed by atoms with E-state index in [4.69, 9.17) is 5.11 Å². The van der Waals surface area contributed by atoms with Crippen LogP contribution in [0.2, 0.25) is 0 Å². The smallest absolute Gasteiger partial charge is 0.326 e. The predicted octanol–water partition coefficient (Wildman–Crippen LogP) is 1.32. The summed E-state index contributed by atoms with van der Waals surface area (Å²) in [6.07, 6.45) is 1.38. The molecule has 1 saturated heterocycles. The van der Waals surface area contributed by atoms with Crippen LogP contribution in [0.15, 0.2) is 0 Å². The van der Waals surface area contributed by atoms with Gasteiger partial charge < -0.3 is 14.9 Å². The molecule has 2 unspecified atom stereocenters. The highest BCUT2D eigenvalue weighted by molar-refractivity contribution is 5.82. The summed E-state index contributed by atoms with van der Waals surface area (Å²) in [6, 6.07) is -0.517. The van der Waals surface area contributed by atoms with Gasteiger partial charge in [-0.3, -0.25) is 4.90 Å². The van der Waals surface area contributed by atoms with Crippen LogP contribution in [0.4, 0.5) is 4.79 Å². The third-order valence-corrected chi connectivity index (χ3v) is 4.20. The number of carbonyl (C=O) groups is 2. The molecule has 1 rings (SSSR count). The van der Waals surface area contributed by atoms with Crippen molar-refractivity contribution >= 4 is 12.0 Å². The molecule has 20 heavy (non-hydrogen) atoms. The molecule has 1 fully saturated rings. The molecule has 0 saturated carbocycles. The molecule has 0 radical (unpaired) electrons. The first-order chi connectivity index (χ1) is 9.46. The predicted molar refractivity (Wildman–Crippen MR) is 77.8 cm³/mol. The lowest BCUT2D eigenvalue weighted by atomic mass is 10.2. The first kappa shape index (κ1) is 16.8. The number of nitrogens with zero attached hydrogens (tertiary/aromatic N) is 3. The third-order valence-electron chi connectivity index (χ3n) is 4.20. The lowest BCUT2D eigenvalue weighted by molar-refractivity contribution is -0.142. The van der Waals surface area contributed by atoms with E-state index in [1.165, 1.54) is 4.90 Å². The van der Waals surface area contributed by atoms with E-state index in [0.29, 0.717) is 25.6 Å².